The molecule has 0 N–H and O–H groups in total. The molecule has 1 aromatic carbocycles. The van der Waals surface area contributed by atoms with E-state index in [0.717, 1.165) is 42.1 Å². The van der Waals surface area contributed by atoms with Crippen LogP contribution in [0.15, 0.2) is 36.9 Å². The minimum Gasteiger partial charge on any atom is -0.372 e. The van der Waals surface area contributed by atoms with E-state index in [1.165, 1.54) is 0 Å². The molecule has 0 saturated carbocycles. The molecule has 0 amide bonds. The van der Waals surface area contributed by atoms with Crippen molar-refractivity contribution in [3.8, 4) is 0 Å². The van der Waals surface area contributed by atoms with Crippen LogP contribution >= 0.6 is 0 Å². The second-order valence-electron chi connectivity index (χ2n) is 5.10. The maximum Gasteiger partial charge on any atom is 0.150 e. The molecule has 0 spiro atoms. The van der Waals surface area contributed by atoms with Crippen molar-refractivity contribution in [1.82, 2.24) is 9.97 Å². The molecule has 0 aliphatic carbocycles. The van der Waals surface area contributed by atoms with Crippen LogP contribution in [0.4, 0.5) is 5.82 Å². The Morgan fingerprint density at radius 3 is 2.85 bits per heavy atom. The van der Waals surface area contributed by atoms with Gasteiger partial charge in [-0.2, -0.15) is 0 Å². The van der Waals surface area contributed by atoms with E-state index < -0.39 is 0 Å². The Morgan fingerprint density at radius 1 is 1.35 bits per heavy atom. The highest BCUT2D eigenvalue weighted by atomic mass is 16.5. The molecule has 1 fully saturated rings. The molecule has 2 aromatic rings. The van der Waals surface area contributed by atoms with Crippen LogP contribution in [0.25, 0.3) is 11.0 Å². The van der Waals surface area contributed by atoms with Crippen LogP contribution in [-0.4, -0.2) is 35.8 Å². The van der Waals surface area contributed by atoms with Crippen molar-refractivity contribution in [2.24, 2.45) is 0 Å². The molecule has 4 nitrogen and oxygen atoms in total. The summed E-state index contributed by atoms with van der Waals surface area (Å²) in [5.74, 6) is 0.980. The van der Waals surface area contributed by atoms with Gasteiger partial charge in [0.05, 0.1) is 29.4 Å². The highest BCUT2D eigenvalue weighted by Crippen LogP contribution is 2.24. The van der Waals surface area contributed by atoms with Crippen LogP contribution in [0, 0.1) is 6.92 Å². The summed E-state index contributed by atoms with van der Waals surface area (Å²) in [6, 6.07) is 7.99. The molecule has 0 radical (unpaired) electrons. The van der Waals surface area contributed by atoms with Crippen LogP contribution in [0.2, 0.25) is 0 Å². The molecule has 20 heavy (non-hydrogen) atoms. The zero-order valence-corrected chi connectivity index (χ0v) is 11.7. The second-order valence-corrected chi connectivity index (χ2v) is 5.10. The summed E-state index contributed by atoms with van der Waals surface area (Å²) < 4.78 is 5.72. The lowest BCUT2D eigenvalue weighted by molar-refractivity contribution is 0.0909. The molecule has 1 saturated heterocycles. The van der Waals surface area contributed by atoms with E-state index >= 15 is 0 Å². The van der Waals surface area contributed by atoms with E-state index in [9.17, 15) is 0 Å². The van der Waals surface area contributed by atoms with E-state index in [1.54, 1.807) is 6.08 Å². The topological polar surface area (TPSA) is 38.2 Å². The first-order valence-corrected chi connectivity index (χ1v) is 6.99. The van der Waals surface area contributed by atoms with Gasteiger partial charge in [-0.3, -0.25) is 0 Å². The van der Waals surface area contributed by atoms with Gasteiger partial charge < -0.3 is 9.64 Å². The lowest BCUT2D eigenvalue weighted by Crippen LogP contribution is -2.25. The minimum atomic E-state index is 0.265. The predicted octanol–water partition coefficient (Wildman–Crippen LogP) is 2.72. The summed E-state index contributed by atoms with van der Waals surface area (Å²) in [4.78, 5) is 11.7. The Balaban J connectivity index is 1.83. The number of anilines is 1. The Morgan fingerprint density at radius 2 is 2.10 bits per heavy atom. The van der Waals surface area contributed by atoms with Crippen molar-refractivity contribution in [3.63, 3.8) is 0 Å². The van der Waals surface area contributed by atoms with Crippen molar-refractivity contribution in [3.05, 3.63) is 42.6 Å². The number of para-hydroxylation sites is 2. The fraction of sp³-hybridized carbons (Fsp3) is 0.375. The lowest BCUT2D eigenvalue weighted by Gasteiger charge is -2.19. The Labute approximate surface area is 119 Å². The number of fused-ring (bicyclic) bond motifs is 1. The molecule has 4 heteroatoms. The van der Waals surface area contributed by atoms with Crippen LogP contribution in [0.1, 0.15) is 12.1 Å². The first kappa shape index (κ1) is 13.1. The van der Waals surface area contributed by atoms with Crippen molar-refractivity contribution >= 4 is 16.9 Å². The van der Waals surface area contributed by atoms with Crippen molar-refractivity contribution < 1.29 is 4.74 Å². The summed E-state index contributed by atoms with van der Waals surface area (Å²) in [6.45, 7) is 8.16. The number of nitrogens with zero attached hydrogens (tertiary/aromatic N) is 3. The van der Waals surface area contributed by atoms with Gasteiger partial charge in [-0.25, -0.2) is 9.97 Å². The third kappa shape index (κ3) is 2.51. The second kappa shape index (κ2) is 5.59. The predicted molar refractivity (Wildman–Crippen MR) is 81.0 cm³/mol. The van der Waals surface area contributed by atoms with E-state index in [-0.39, 0.29) is 6.10 Å². The molecule has 104 valence electrons. The Bertz CT molecular complexity index is 626. The molecule has 3 rings (SSSR count). The number of aromatic nitrogens is 2. The summed E-state index contributed by atoms with van der Waals surface area (Å²) >= 11 is 0. The molecule has 2 heterocycles. The standard InChI is InChI=1S/C16H19N3O/c1-3-10-20-13-8-9-19(11-13)16-12(2)17-14-6-4-5-7-15(14)18-16/h3-7,13H,1,8-11H2,2H3. The van der Waals surface area contributed by atoms with Crippen LogP contribution in [-0.2, 0) is 4.74 Å². The van der Waals surface area contributed by atoms with Gasteiger partial charge in [-0.05, 0) is 25.5 Å². The largest absolute Gasteiger partial charge is 0.372 e. The summed E-state index contributed by atoms with van der Waals surface area (Å²) in [6.07, 6.45) is 3.09. The molecule has 1 unspecified atom stereocenters. The van der Waals surface area contributed by atoms with Crippen LogP contribution in [0.3, 0.4) is 0 Å². The van der Waals surface area contributed by atoms with Crippen molar-refractivity contribution in [2.75, 3.05) is 24.6 Å². The average Bonchev–Trinajstić information content (AvgIpc) is 2.93. The van der Waals surface area contributed by atoms with Gasteiger partial charge in [-0.15, -0.1) is 6.58 Å². The van der Waals surface area contributed by atoms with E-state index in [4.69, 9.17) is 9.72 Å². The van der Waals surface area contributed by atoms with Crippen LogP contribution < -0.4 is 4.90 Å². The zero-order valence-electron chi connectivity index (χ0n) is 11.7. The SMILES string of the molecule is C=CCOC1CCN(c2nc3ccccc3nc2C)C1. The summed E-state index contributed by atoms with van der Waals surface area (Å²) in [5, 5.41) is 0. The highest BCUT2D eigenvalue weighted by molar-refractivity contribution is 5.76. The van der Waals surface area contributed by atoms with Gasteiger partial charge in [0, 0.05) is 13.1 Å². The Kier molecular flexibility index (Phi) is 3.65. The Hall–Kier alpha value is -1.94. The van der Waals surface area contributed by atoms with Gasteiger partial charge >= 0.3 is 0 Å². The maximum absolute atomic E-state index is 5.72. The maximum atomic E-state index is 5.72. The highest BCUT2D eigenvalue weighted by Gasteiger charge is 2.25. The molecule has 1 aromatic heterocycles. The number of rotatable bonds is 4. The van der Waals surface area contributed by atoms with Gasteiger partial charge in [-0.1, -0.05) is 18.2 Å². The van der Waals surface area contributed by atoms with Crippen molar-refractivity contribution in [2.45, 2.75) is 19.4 Å². The minimum absolute atomic E-state index is 0.265. The molecular formula is C16H19N3O. The fourth-order valence-corrected chi connectivity index (χ4v) is 2.64. The zero-order chi connectivity index (χ0) is 13.9. The van der Waals surface area contributed by atoms with E-state index in [0.29, 0.717) is 6.61 Å². The molecular weight excluding hydrogens is 250 g/mol. The number of hydrogen-bond acceptors (Lipinski definition) is 4. The first-order valence-electron chi connectivity index (χ1n) is 6.99. The molecule has 1 atom stereocenters. The summed E-state index contributed by atoms with van der Waals surface area (Å²) in [7, 11) is 0. The van der Waals surface area contributed by atoms with Gasteiger partial charge in [0.2, 0.25) is 0 Å². The normalized spacial score (nSPS) is 18.6. The fourth-order valence-electron chi connectivity index (χ4n) is 2.64. The smallest absolute Gasteiger partial charge is 0.150 e. The first-order chi connectivity index (χ1) is 9.78. The summed E-state index contributed by atoms with van der Waals surface area (Å²) in [5.41, 5.74) is 2.88. The van der Waals surface area contributed by atoms with Gasteiger partial charge in [0.1, 0.15) is 0 Å². The molecule has 1 aliphatic rings. The molecule has 1 aliphatic heterocycles. The van der Waals surface area contributed by atoms with Crippen molar-refractivity contribution in [1.29, 1.82) is 0 Å². The lowest BCUT2D eigenvalue weighted by atomic mass is 10.3. The number of aryl methyl sites for hydroxylation is 1. The number of hydrogen-bond donors (Lipinski definition) is 0. The quantitative estimate of drug-likeness (QED) is 0.800. The molecule has 0 bridgehead atoms. The van der Waals surface area contributed by atoms with E-state index in [2.05, 4.69) is 16.5 Å². The van der Waals surface area contributed by atoms with E-state index in [1.807, 2.05) is 31.2 Å². The average molecular weight is 269 g/mol. The van der Waals surface area contributed by atoms with Gasteiger partial charge in [0.15, 0.2) is 5.82 Å². The number of ether oxygens (including phenoxy) is 1. The van der Waals surface area contributed by atoms with Gasteiger partial charge in [0.25, 0.3) is 0 Å². The monoisotopic (exact) mass is 269 g/mol. The third-order valence-electron chi connectivity index (χ3n) is 3.61. The van der Waals surface area contributed by atoms with Crippen LogP contribution in [0.5, 0.6) is 0 Å². The number of benzene rings is 1. The third-order valence-corrected chi connectivity index (χ3v) is 3.61.